The Morgan fingerprint density at radius 3 is 2.61 bits per heavy atom. The number of carbonyl (C=O) groups is 1. The monoisotopic (exact) mass is 372 g/mol. The molecule has 4 rings (SSSR count). The van der Waals surface area contributed by atoms with E-state index in [0.29, 0.717) is 0 Å². The third kappa shape index (κ3) is 3.55. The molecular weight excluding hydrogens is 350 g/mol. The Bertz CT molecular complexity index is 961. The third-order valence-electron chi connectivity index (χ3n) is 5.32. The van der Waals surface area contributed by atoms with Gasteiger partial charge in [-0.1, -0.05) is 60.7 Å². The number of hydrogen-bond donors (Lipinski definition) is 1. The van der Waals surface area contributed by atoms with Crippen LogP contribution in [0, 0.1) is 11.4 Å². The fourth-order valence-electron chi connectivity index (χ4n) is 4.11. The van der Waals surface area contributed by atoms with Gasteiger partial charge in [0.2, 0.25) is 11.5 Å². The molecule has 2 aliphatic rings. The number of hydrogen-bond acceptors (Lipinski definition) is 4. The van der Waals surface area contributed by atoms with Crippen molar-refractivity contribution in [3.05, 3.63) is 77.4 Å². The van der Waals surface area contributed by atoms with E-state index in [-0.39, 0.29) is 24.4 Å². The molecule has 0 bridgehead atoms. The minimum absolute atomic E-state index is 0.135. The maximum atomic E-state index is 12.8. The summed E-state index contributed by atoms with van der Waals surface area (Å²) in [7, 11) is 0. The highest BCUT2D eigenvalue weighted by molar-refractivity contribution is 6.08. The van der Waals surface area contributed by atoms with Crippen molar-refractivity contribution in [2.24, 2.45) is 16.1 Å². The van der Waals surface area contributed by atoms with Crippen LogP contribution in [0.3, 0.4) is 0 Å². The summed E-state index contributed by atoms with van der Waals surface area (Å²) in [6, 6.07) is 20.1. The Labute approximate surface area is 163 Å². The Hall–Kier alpha value is -3.37. The van der Waals surface area contributed by atoms with Crippen LogP contribution in [0.5, 0.6) is 0 Å². The summed E-state index contributed by atoms with van der Waals surface area (Å²) in [5.74, 6) is -0.0613. The summed E-state index contributed by atoms with van der Waals surface area (Å²) in [6.07, 6.45) is 5.21. The number of fused-ring (bicyclic) bond motifs is 1. The summed E-state index contributed by atoms with van der Waals surface area (Å²) in [6.45, 7) is -0.159. The van der Waals surface area contributed by atoms with E-state index >= 15 is 0 Å². The molecule has 2 atom stereocenters. The van der Waals surface area contributed by atoms with Gasteiger partial charge in [-0.25, -0.2) is 5.01 Å². The molecule has 6 nitrogen and oxygen atoms in total. The summed E-state index contributed by atoms with van der Waals surface area (Å²) >= 11 is 0. The molecule has 2 aromatic carbocycles. The first-order valence-corrected chi connectivity index (χ1v) is 9.52. The third-order valence-corrected chi connectivity index (χ3v) is 5.32. The zero-order valence-electron chi connectivity index (χ0n) is 15.5. The van der Waals surface area contributed by atoms with Crippen LogP contribution in [-0.4, -0.2) is 23.2 Å². The normalized spacial score (nSPS) is 22.4. The number of rotatable bonds is 4. The molecule has 0 aromatic heterocycles. The number of allylic oxidation sites excluding steroid dienone is 1. The van der Waals surface area contributed by atoms with E-state index in [9.17, 15) is 4.79 Å². The Morgan fingerprint density at radius 1 is 1.18 bits per heavy atom. The van der Waals surface area contributed by atoms with Gasteiger partial charge < -0.3 is 0 Å². The van der Waals surface area contributed by atoms with Crippen LogP contribution in [0.25, 0.3) is 6.08 Å². The average molecular weight is 372 g/mol. The van der Waals surface area contributed by atoms with Crippen molar-refractivity contribution in [2.45, 2.75) is 25.3 Å². The Kier molecular flexibility index (Phi) is 5.22. The van der Waals surface area contributed by atoms with Crippen molar-refractivity contribution < 1.29 is 4.79 Å². The zero-order chi connectivity index (χ0) is 19.3. The molecule has 6 heteroatoms. The average Bonchev–Trinajstić information content (AvgIpc) is 3.14. The largest absolute Gasteiger partial charge is 0.272 e. The van der Waals surface area contributed by atoms with Crippen LogP contribution in [0.2, 0.25) is 0 Å². The number of nitrogens with zero attached hydrogens (tertiary/aromatic N) is 4. The molecular formula is C22H22N5O+. The standard InChI is InChI=1S/C22H22N5O/c23-26-24-15-20(28)27-22(17-10-5-2-6-11-17)19-13-7-12-18(21(19)25-27)14-16-8-3-1-4-9-16/h1-6,8-11,14,19,22-23H,7,12-13,15H2/q+1/b18-14-/t19-,22+/m0/s1. The van der Waals surface area contributed by atoms with Crippen LogP contribution in [0.1, 0.15) is 36.4 Å². The van der Waals surface area contributed by atoms with Crippen molar-refractivity contribution >= 4 is 17.7 Å². The molecule has 1 saturated carbocycles. The molecule has 1 N–H and O–H groups in total. The first kappa shape index (κ1) is 18.0. The Balaban J connectivity index is 1.74. The molecule has 1 aliphatic carbocycles. The summed E-state index contributed by atoms with van der Waals surface area (Å²) in [5, 5.41) is 9.90. The second kappa shape index (κ2) is 8.11. The number of benzene rings is 2. The molecule has 0 radical (unpaired) electrons. The van der Waals surface area contributed by atoms with Crippen molar-refractivity contribution in [1.29, 1.82) is 5.53 Å². The number of nitrogens with one attached hydrogen (secondary N) is 1. The lowest BCUT2D eigenvalue weighted by atomic mass is 9.77. The van der Waals surface area contributed by atoms with E-state index in [1.165, 1.54) is 5.57 Å². The first-order chi connectivity index (χ1) is 13.8. The van der Waals surface area contributed by atoms with Gasteiger partial charge in [-0.3, -0.25) is 4.79 Å². The molecule has 2 aromatic rings. The highest BCUT2D eigenvalue weighted by Gasteiger charge is 2.43. The first-order valence-electron chi connectivity index (χ1n) is 9.52. The van der Waals surface area contributed by atoms with Crippen LogP contribution in [0.4, 0.5) is 0 Å². The van der Waals surface area contributed by atoms with Crippen molar-refractivity contribution in [3.8, 4) is 0 Å². The van der Waals surface area contributed by atoms with E-state index in [1.54, 1.807) is 5.01 Å². The lowest BCUT2D eigenvalue weighted by Gasteiger charge is -2.29. The Morgan fingerprint density at radius 2 is 1.89 bits per heavy atom. The zero-order valence-corrected chi connectivity index (χ0v) is 15.5. The minimum atomic E-state index is -0.231. The number of carbonyl (C=O) groups excluding carboxylic acids is 1. The maximum absolute atomic E-state index is 12.8. The van der Waals surface area contributed by atoms with Crippen LogP contribution < -0.4 is 4.91 Å². The summed E-state index contributed by atoms with van der Waals surface area (Å²) in [5.41, 5.74) is 11.3. The molecule has 0 spiro atoms. The topological polar surface area (TPSA) is 83.0 Å². The van der Waals surface area contributed by atoms with E-state index in [0.717, 1.165) is 36.1 Å². The van der Waals surface area contributed by atoms with Crippen molar-refractivity contribution in [2.75, 3.05) is 6.54 Å². The smallest absolute Gasteiger partial charge is 0.270 e. The van der Waals surface area contributed by atoms with E-state index in [4.69, 9.17) is 10.6 Å². The van der Waals surface area contributed by atoms with Crippen LogP contribution in [-0.2, 0) is 4.79 Å². The lowest BCUT2D eigenvalue weighted by molar-refractivity contribution is -0.132. The van der Waals surface area contributed by atoms with Gasteiger partial charge in [0.15, 0.2) is 0 Å². The van der Waals surface area contributed by atoms with Gasteiger partial charge in [0.25, 0.3) is 5.91 Å². The SMILES string of the molecule is N=[N+]=NCC(=O)N1N=C2/C(=C\c3ccccc3)CCC[C@@H]2[C@H]1c1ccccc1. The van der Waals surface area contributed by atoms with Gasteiger partial charge >= 0.3 is 0 Å². The number of amides is 1. The molecule has 1 aliphatic heterocycles. The predicted octanol–water partition coefficient (Wildman–Crippen LogP) is 4.36. The minimum Gasteiger partial charge on any atom is -0.270 e. The van der Waals surface area contributed by atoms with Crippen molar-refractivity contribution in [1.82, 2.24) is 9.92 Å². The van der Waals surface area contributed by atoms with Gasteiger partial charge in [0.05, 0.1) is 11.8 Å². The highest BCUT2D eigenvalue weighted by atomic mass is 16.2. The summed E-state index contributed by atoms with van der Waals surface area (Å²) < 4.78 is 0. The fraction of sp³-hybridized carbons (Fsp3) is 0.273. The molecule has 28 heavy (non-hydrogen) atoms. The van der Waals surface area contributed by atoms with E-state index in [2.05, 4.69) is 28.2 Å². The van der Waals surface area contributed by atoms with Gasteiger partial charge in [0.1, 0.15) is 10.6 Å². The fourth-order valence-corrected chi connectivity index (χ4v) is 4.11. The molecule has 1 amide bonds. The second-order valence-electron chi connectivity index (χ2n) is 7.06. The second-order valence-corrected chi connectivity index (χ2v) is 7.06. The van der Waals surface area contributed by atoms with Gasteiger partial charge in [-0.2, -0.15) is 5.10 Å². The van der Waals surface area contributed by atoms with Gasteiger partial charge in [-0.15, -0.1) is 0 Å². The van der Waals surface area contributed by atoms with E-state index < -0.39 is 0 Å². The van der Waals surface area contributed by atoms with Gasteiger partial charge in [-0.05, 0) is 42.0 Å². The van der Waals surface area contributed by atoms with Crippen molar-refractivity contribution in [3.63, 3.8) is 0 Å². The summed E-state index contributed by atoms with van der Waals surface area (Å²) in [4.78, 5) is 15.7. The molecule has 0 unspecified atom stereocenters. The quantitative estimate of drug-likeness (QED) is 0.628. The molecule has 1 fully saturated rings. The predicted molar refractivity (Wildman–Crippen MR) is 107 cm³/mol. The maximum Gasteiger partial charge on any atom is 0.272 e. The van der Waals surface area contributed by atoms with Crippen LogP contribution in [0.15, 0.2) is 76.5 Å². The molecule has 140 valence electrons. The highest BCUT2D eigenvalue weighted by Crippen LogP contribution is 2.44. The number of hydrazone groups is 1. The molecule has 0 saturated heterocycles. The van der Waals surface area contributed by atoms with Crippen LogP contribution >= 0.6 is 0 Å². The molecule has 1 heterocycles. The van der Waals surface area contributed by atoms with Gasteiger partial charge in [0, 0.05) is 5.92 Å². The lowest BCUT2D eigenvalue weighted by Crippen LogP contribution is -2.33. The van der Waals surface area contributed by atoms with E-state index in [1.807, 2.05) is 48.5 Å².